The Kier molecular flexibility index (Phi) is 6.68. The molecule has 0 bridgehead atoms. The summed E-state index contributed by atoms with van der Waals surface area (Å²) < 4.78 is 14.9. The molecule has 2 atom stereocenters. The molecule has 2 unspecified atom stereocenters. The molecule has 0 saturated heterocycles. The van der Waals surface area contributed by atoms with Crippen molar-refractivity contribution in [3.63, 3.8) is 0 Å². The number of hydrogen-bond acceptors (Lipinski definition) is 1. The first-order valence-electron chi connectivity index (χ1n) is 6.27. The average Bonchev–Trinajstić information content (AvgIpc) is 2.11. The van der Waals surface area contributed by atoms with Gasteiger partial charge >= 0.3 is 0 Å². The molecule has 0 aliphatic rings. The molecule has 0 spiro atoms. The first-order chi connectivity index (χ1) is 7.56. The average molecular weight is 274 g/mol. The lowest BCUT2D eigenvalue weighted by molar-refractivity contribution is 0.609. The van der Waals surface area contributed by atoms with Crippen molar-refractivity contribution in [2.75, 3.05) is 0 Å². The van der Waals surface area contributed by atoms with Crippen LogP contribution in [0.5, 0.6) is 0 Å². The summed E-state index contributed by atoms with van der Waals surface area (Å²) in [6.45, 7) is 14.7. The lowest BCUT2D eigenvalue weighted by Crippen LogP contribution is -2.39. The van der Waals surface area contributed by atoms with Crippen LogP contribution in [0.3, 0.4) is 0 Å². The summed E-state index contributed by atoms with van der Waals surface area (Å²) >= 11 is 0. The Morgan fingerprint density at radius 1 is 1.29 bits per heavy atom. The molecule has 0 aliphatic carbocycles. The molecule has 0 heterocycles. The summed E-state index contributed by atoms with van der Waals surface area (Å²) in [6.07, 6.45) is 2.01. The van der Waals surface area contributed by atoms with E-state index in [2.05, 4.69) is 42.8 Å². The molecule has 0 saturated carbocycles. The fourth-order valence-corrected chi connectivity index (χ4v) is 2.45. The van der Waals surface area contributed by atoms with Crippen molar-refractivity contribution < 1.29 is 4.21 Å². The molecule has 17 heavy (non-hydrogen) atoms. The smallest absolute Gasteiger partial charge is 0.129 e. The quantitative estimate of drug-likeness (QED) is 0.619. The second-order valence-corrected chi connectivity index (χ2v) is 13.1. The van der Waals surface area contributed by atoms with Gasteiger partial charge in [-0.05, 0) is 27.2 Å². The highest BCUT2D eigenvalue weighted by atomic mass is 32.2. The van der Waals surface area contributed by atoms with Crippen molar-refractivity contribution in [1.82, 2.24) is 4.72 Å². The summed E-state index contributed by atoms with van der Waals surface area (Å²) in [5, 5.41) is 0. The van der Waals surface area contributed by atoms with E-state index >= 15 is 0 Å². The molecule has 1 N–H and O–H groups in total. The summed E-state index contributed by atoms with van der Waals surface area (Å²) in [5.41, 5.74) is 3.36. The first-order valence-corrected chi connectivity index (χ1v) is 10.9. The summed E-state index contributed by atoms with van der Waals surface area (Å²) in [4.78, 5) is 0. The molecule has 0 aliphatic heterocycles. The molecule has 0 aromatic heterocycles. The summed E-state index contributed by atoms with van der Waals surface area (Å²) in [5.74, 6) is 3.27. The van der Waals surface area contributed by atoms with Gasteiger partial charge in [0.2, 0.25) is 0 Å². The van der Waals surface area contributed by atoms with Gasteiger partial charge in [0.1, 0.15) is 8.07 Å². The van der Waals surface area contributed by atoms with Crippen molar-refractivity contribution in [2.24, 2.45) is 0 Å². The highest BCUT2D eigenvalue weighted by Gasteiger charge is 2.21. The van der Waals surface area contributed by atoms with Crippen LogP contribution in [0.25, 0.3) is 0 Å². The predicted molar refractivity (Wildman–Crippen MR) is 80.8 cm³/mol. The summed E-state index contributed by atoms with van der Waals surface area (Å²) in [6, 6.07) is 0.0618. The third-order valence-electron chi connectivity index (χ3n) is 2.00. The van der Waals surface area contributed by atoms with Crippen molar-refractivity contribution in [1.29, 1.82) is 0 Å². The third-order valence-corrected chi connectivity index (χ3v) is 4.51. The highest BCUT2D eigenvalue weighted by molar-refractivity contribution is 7.84. The maximum Gasteiger partial charge on any atom is 0.129 e. The fourth-order valence-electron chi connectivity index (χ4n) is 1.06. The molecule has 0 radical (unpaired) electrons. The Balaban J connectivity index is 4.65. The number of rotatable bonds is 4. The normalized spacial score (nSPS) is 15.9. The minimum Gasteiger partial charge on any atom is -0.242 e. The van der Waals surface area contributed by atoms with E-state index in [4.69, 9.17) is 0 Å². The minimum absolute atomic E-state index is 0.0618. The molecule has 0 fully saturated rings. The van der Waals surface area contributed by atoms with Crippen molar-refractivity contribution in [3.05, 3.63) is 0 Å². The van der Waals surface area contributed by atoms with Crippen LogP contribution in [-0.2, 0) is 11.0 Å². The maximum atomic E-state index is 12.0. The topological polar surface area (TPSA) is 29.1 Å². The lowest BCUT2D eigenvalue weighted by Gasteiger charge is -2.21. The largest absolute Gasteiger partial charge is 0.242 e. The second kappa shape index (κ2) is 6.72. The van der Waals surface area contributed by atoms with Crippen molar-refractivity contribution in [2.45, 2.75) is 71.0 Å². The van der Waals surface area contributed by atoms with E-state index in [0.29, 0.717) is 0 Å². The van der Waals surface area contributed by atoms with Gasteiger partial charge < -0.3 is 0 Å². The zero-order valence-electron chi connectivity index (χ0n) is 12.3. The standard InChI is InChI=1S/C13H27NOSSi/c1-8-9-12(10-11-17(5,6)7)14-16(15)13(2,3)4/h12,14H,8-9H2,1-7H3. The molecule has 0 aromatic carbocycles. The molecular weight excluding hydrogens is 246 g/mol. The summed E-state index contributed by atoms with van der Waals surface area (Å²) in [7, 11) is -2.38. The van der Waals surface area contributed by atoms with Crippen LogP contribution >= 0.6 is 0 Å². The monoisotopic (exact) mass is 273 g/mol. The molecule has 0 amide bonds. The first kappa shape index (κ1) is 16.9. The van der Waals surface area contributed by atoms with E-state index in [1.54, 1.807) is 0 Å². The van der Waals surface area contributed by atoms with Gasteiger partial charge in [0, 0.05) is 0 Å². The zero-order valence-corrected chi connectivity index (χ0v) is 14.1. The van der Waals surface area contributed by atoms with Gasteiger partial charge in [0.05, 0.1) is 21.8 Å². The van der Waals surface area contributed by atoms with E-state index in [9.17, 15) is 4.21 Å². The van der Waals surface area contributed by atoms with E-state index in [1.165, 1.54) is 0 Å². The van der Waals surface area contributed by atoms with Crippen LogP contribution < -0.4 is 4.72 Å². The molecule has 0 rings (SSSR count). The predicted octanol–water partition coefficient (Wildman–Crippen LogP) is 3.09. The molecule has 100 valence electrons. The van der Waals surface area contributed by atoms with Crippen molar-refractivity contribution >= 4 is 19.1 Å². The van der Waals surface area contributed by atoms with Crippen LogP contribution in [0.1, 0.15) is 40.5 Å². The van der Waals surface area contributed by atoms with Gasteiger partial charge in [-0.2, -0.15) is 0 Å². The fraction of sp³-hybridized carbons (Fsp3) is 0.846. The second-order valence-electron chi connectivity index (χ2n) is 6.36. The Morgan fingerprint density at radius 3 is 2.18 bits per heavy atom. The zero-order chi connectivity index (χ0) is 13.7. The van der Waals surface area contributed by atoms with E-state index < -0.39 is 19.1 Å². The maximum absolute atomic E-state index is 12.0. The van der Waals surface area contributed by atoms with Gasteiger partial charge in [-0.25, -0.2) is 8.93 Å². The van der Waals surface area contributed by atoms with Crippen LogP contribution in [0.4, 0.5) is 0 Å². The third kappa shape index (κ3) is 8.59. The van der Waals surface area contributed by atoms with Gasteiger partial charge in [0.25, 0.3) is 0 Å². The Labute approximate surface area is 111 Å². The van der Waals surface area contributed by atoms with E-state index in [-0.39, 0.29) is 10.8 Å². The van der Waals surface area contributed by atoms with Gasteiger partial charge in [-0.15, -0.1) is 5.54 Å². The highest BCUT2D eigenvalue weighted by Crippen LogP contribution is 2.10. The Bertz CT molecular complexity index is 317. The number of nitrogens with one attached hydrogen (secondary N) is 1. The molecule has 0 aromatic rings. The number of hydrogen-bond donors (Lipinski definition) is 1. The molecular formula is C13H27NOSSi. The van der Waals surface area contributed by atoms with Crippen LogP contribution in [-0.4, -0.2) is 23.1 Å². The minimum atomic E-state index is -1.35. The lowest BCUT2D eigenvalue weighted by atomic mass is 10.2. The van der Waals surface area contributed by atoms with Crippen LogP contribution in [0.15, 0.2) is 0 Å². The van der Waals surface area contributed by atoms with E-state index in [1.807, 2.05) is 20.8 Å². The van der Waals surface area contributed by atoms with Crippen molar-refractivity contribution in [3.8, 4) is 11.5 Å². The van der Waals surface area contributed by atoms with Gasteiger partial charge in [0.15, 0.2) is 0 Å². The Hall–Kier alpha value is -0.113. The Morgan fingerprint density at radius 2 is 1.82 bits per heavy atom. The van der Waals surface area contributed by atoms with E-state index in [0.717, 1.165) is 12.8 Å². The SMILES string of the molecule is CCCC(C#C[Si](C)(C)C)NS(=O)C(C)(C)C. The molecule has 4 heteroatoms. The van der Waals surface area contributed by atoms with Gasteiger partial charge in [-0.3, -0.25) is 0 Å². The molecule has 2 nitrogen and oxygen atoms in total. The van der Waals surface area contributed by atoms with Gasteiger partial charge in [-0.1, -0.05) is 38.9 Å². The van der Waals surface area contributed by atoms with Crippen LogP contribution in [0.2, 0.25) is 19.6 Å². The van der Waals surface area contributed by atoms with Crippen LogP contribution in [0, 0.1) is 11.5 Å².